The van der Waals surface area contributed by atoms with Crippen molar-refractivity contribution in [2.75, 3.05) is 24.2 Å². The van der Waals surface area contributed by atoms with E-state index in [1.165, 1.54) is 27.1 Å². The molecular formula is C41H39N9O3S2. The number of aryl methyl sites for hydroxylation is 2. The van der Waals surface area contributed by atoms with Crippen molar-refractivity contribution in [3.05, 3.63) is 92.2 Å². The first-order chi connectivity index (χ1) is 26.8. The number of hydrogen-bond donors (Lipinski definition) is 3. The molecule has 1 amide bonds. The van der Waals surface area contributed by atoms with E-state index in [0.29, 0.717) is 12.8 Å². The van der Waals surface area contributed by atoms with E-state index in [1.807, 2.05) is 37.4 Å². The fraction of sp³-hybridized carbons (Fsp3) is 0.317. The lowest BCUT2D eigenvalue weighted by Gasteiger charge is -2.26. The molecule has 0 radical (unpaired) electrons. The Balaban J connectivity index is 0.000000145. The van der Waals surface area contributed by atoms with Crippen molar-refractivity contribution in [2.45, 2.75) is 58.5 Å². The minimum atomic E-state index is -0.711. The van der Waals surface area contributed by atoms with Crippen LogP contribution in [0.3, 0.4) is 0 Å². The summed E-state index contributed by atoms with van der Waals surface area (Å²) in [5.41, 5.74) is 9.26. The molecule has 2 aliphatic heterocycles. The van der Waals surface area contributed by atoms with E-state index in [1.54, 1.807) is 35.3 Å². The molecule has 0 spiro atoms. The van der Waals surface area contributed by atoms with Crippen LogP contribution in [0.25, 0.3) is 20.4 Å². The van der Waals surface area contributed by atoms with Gasteiger partial charge in [0.1, 0.15) is 34.0 Å². The third kappa shape index (κ3) is 6.73. The number of fused-ring (bicyclic) bond motifs is 8. The summed E-state index contributed by atoms with van der Waals surface area (Å²) in [6.07, 6.45) is 11.6. The molecule has 2 aliphatic carbocycles. The summed E-state index contributed by atoms with van der Waals surface area (Å²) in [6.45, 7) is 4.28. The van der Waals surface area contributed by atoms with Crippen LogP contribution in [-0.4, -0.2) is 67.8 Å². The minimum Gasteiger partial charge on any atom is -0.481 e. The van der Waals surface area contributed by atoms with Gasteiger partial charge in [-0.05, 0) is 103 Å². The Hall–Kier alpha value is -5.60. The van der Waals surface area contributed by atoms with Crippen LogP contribution in [0.2, 0.25) is 0 Å². The van der Waals surface area contributed by atoms with E-state index in [4.69, 9.17) is 0 Å². The second-order valence-electron chi connectivity index (χ2n) is 14.4. The first-order valence-electron chi connectivity index (χ1n) is 18.6. The van der Waals surface area contributed by atoms with Crippen molar-refractivity contribution >= 4 is 90.4 Å². The molecule has 6 heterocycles. The predicted molar refractivity (Wildman–Crippen MR) is 219 cm³/mol. The number of aromatic nitrogens is 4. The van der Waals surface area contributed by atoms with Crippen LogP contribution in [0.4, 0.5) is 23.0 Å². The molecule has 0 saturated heterocycles. The van der Waals surface area contributed by atoms with Gasteiger partial charge in [-0.25, -0.2) is 19.9 Å². The van der Waals surface area contributed by atoms with Crippen molar-refractivity contribution in [1.82, 2.24) is 24.8 Å². The number of rotatable bonds is 7. The summed E-state index contributed by atoms with van der Waals surface area (Å²) in [4.78, 5) is 56.7. The molecule has 0 fully saturated rings. The van der Waals surface area contributed by atoms with E-state index in [9.17, 15) is 14.7 Å². The normalized spacial score (nSPS) is 17.6. The zero-order valence-corrected chi connectivity index (χ0v) is 32.1. The molecule has 2 aromatic carbocycles. The number of aliphatic imine (C=N–C) groups is 2. The number of carbonyl (C=O) groups is 2. The topological polar surface area (TPSA) is 158 Å². The van der Waals surface area contributed by atoms with Crippen LogP contribution in [0.15, 0.2) is 59.0 Å². The molecule has 0 bridgehead atoms. The summed E-state index contributed by atoms with van der Waals surface area (Å²) >= 11 is 3.29. The maximum absolute atomic E-state index is 12.6. The first kappa shape index (κ1) is 35.1. The summed E-state index contributed by atoms with van der Waals surface area (Å²) in [6, 6.07) is 12.5. The fourth-order valence-corrected chi connectivity index (χ4v) is 10.5. The van der Waals surface area contributed by atoms with Crippen LogP contribution < -0.4 is 10.6 Å². The number of carboxylic acid groups (broad SMARTS) is 1. The number of amides is 1. The zero-order chi connectivity index (χ0) is 37.6. The molecule has 12 nitrogen and oxygen atoms in total. The van der Waals surface area contributed by atoms with E-state index in [2.05, 4.69) is 70.9 Å². The molecule has 55 heavy (non-hydrogen) atoms. The van der Waals surface area contributed by atoms with Gasteiger partial charge in [0.05, 0.1) is 29.8 Å². The number of hydrogen-bond acceptors (Lipinski definition) is 12. The number of benzene rings is 2. The van der Waals surface area contributed by atoms with Crippen LogP contribution in [0, 0.1) is 11.8 Å². The second kappa shape index (κ2) is 14.6. The van der Waals surface area contributed by atoms with E-state index >= 15 is 0 Å². The van der Waals surface area contributed by atoms with Gasteiger partial charge in [-0.1, -0.05) is 12.1 Å². The van der Waals surface area contributed by atoms with Crippen molar-refractivity contribution in [3.8, 4) is 0 Å². The van der Waals surface area contributed by atoms with Gasteiger partial charge in [-0.15, -0.1) is 22.7 Å². The number of anilines is 4. The van der Waals surface area contributed by atoms with E-state index in [0.717, 1.165) is 105 Å². The van der Waals surface area contributed by atoms with Gasteiger partial charge in [-0.2, -0.15) is 0 Å². The maximum Gasteiger partial charge on any atom is 0.306 e. The molecule has 278 valence electrons. The van der Waals surface area contributed by atoms with Crippen LogP contribution in [0.1, 0.15) is 62.9 Å². The lowest BCUT2D eigenvalue weighted by Crippen LogP contribution is -2.35. The largest absolute Gasteiger partial charge is 0.481 e. The fourth-order valence-electron chi connectivity index (χ4n) is 7.93. The van der Waals surface area contributed by atoms with Gasteiger partial charge in [-0.3, -0.25) is 19.6 Å². The van der Waals surface area contributed by atoms with Crippen LogP contribution in [-0.2, 0) is 48.4 Å². The Labute approximate surface area is 325 Å². The van der Waals surface area contributed by atoms with Gasteiger partial charge in [0.15, 0.2) is 0 Å². The Kier molecular flexibility index (Phi) is 9.30. The van der Waals surface area contributed by atoms with E-state index < -0.39 is 5.97 Å². The van der Waals surface area contributed by atoms with Crippen molar-refractivity contribution < 1.29 is 14.7 Å². The number of nitrogens with zero attached hydrogens (tertiary/aromatic N) is 7. The van der Waals surface area contributed by atoms with Crippen LogP contribution in [0.5, 0.6) is 0 Å². The standard InChI is InChI=1S/C22H23N5OS.C19H16N4O2S/c1-3-27(2)22(28)13-5-7-17-18(9-13)29-21-19(17)20(24-12-25-21)26-16-6-4-14-10-23-11-15(14)8-16;24-19(25)10-2-4-14-15(6-10)26-18-16(14)17(21-9-22-18)23-13-3-1-11-7-20-8-12(11)5-13/h4,6,8,11-13H,3,5,7,9-10H2,1-2H3,(H,24,25,26);1,3,5,8-10H,2,4,6-7H2,(H,24,25)(H,21,22,23)/t13-;10-/m00/s1. The van der Waals surface area contributed by atoms with Crippen molar-refractivity contribution in [1.29, 1.82) is 0 Å². The number of carboxylic acids is 1. The molecule has 0 saturated carbocycles. The molecule has 10 rings (SSSR count). The Morgan fingerprint density at radius 1 is 0.764 bits per heavy atom. The molecule has 2 atom stereocenters. The number of thiophene rings is 2. The van der Waals surface area contributed by atoms with Gasteiger partial charge in [0.2, 0.25) is 5.91 Å². The molecule has 6 aromatic rings. The first-order valence-corrected chi connectivity index (χ1v) is 20.2. The van der Waals surface area contributed by atoms with Crippen molar-refractivity contribution in [3.63, 3.8) is 0 Å². The van der Waals surface area contributed by atoms with Gasteiger partial charge in [0.25, 0.3) is 0 Å². The van der Waals surface area contributed by atoms with Gasteiger partial charge in [0, 0.05) is 53.1 Å². The monoisotopic (exact) mass is 769 g/mol. The molecule has 14 heteroatoms. The Morgan fingerprint density at radius 3 is 1.78 bits per heavy atom. The third-order valence-corrected chi connectivity index (χ3v) is 13.4. The highest BCUT2D eigenvalue weighted by atomic mass is 32.1. The molecule has 0 unspecified atom stereocenters. The zero-order valence-electron chi connectivity index (χ0n) is 30.5. The third-order valence-electron chi connectivity index (χ3n) is 11.0. The number of carbonyl (C=O) groups excluding carboxylic acids is 1. The average Bonchev–Trinajstić information content (AvgIpc) is 4.01. The highest BCUT2D eigenvalue weighted by molar-refractivity contribution is 7.19. The average molecular weight is 770 g/mol. The highest BCUT2D eigenvalue weighted by Gasteiger charge is 2.31. The molecular weight excluding hydrogens is 731 g/mol. The van der Waals surface area contributed by atoms with Crippen LogP contribution >= 0.6 is 22.7 Å². The number of aliphatic carboxylic acids is 1. The quantitative estimate of drug-likeness (QED) is 0.150. The maximum atomic E-state index is 12.6. The molecule has 4 aromatic heterocycles. The van der Waals surface area contributed by atoms with Crippen molar-refractivity contribution in [2.24, 2.45) is 21.8 Å². The Bertz CT molecular complexity index is 2560. The smallest absolute Gasteiger partial charge is 0.306 e. The minimum absolute atomic E-state index is 0.0703. The summed E-state index contributed by atoms with van der Waals surface area (Å²) in [7, 11) is 1.89. The highest BCUT2D eigenvalue weighted by Crippen LogP contribution is 2.42. The summed E-state index contributed by atoms with van der Waals surface area (Å²) in [5.74, 6) is 0.947. The molecule has 3 N–H and O–H groups in total. The lowest BCUT2D eigenvalue weighted by molar-refractivity contribution is -0.142. The SMILES string of the molecule is CCN(C)C(=O)[C@H]1CCc2c(sc3ncnc(Nc4ccc5c(c4)C=NC5)c23)C1.O=C(O)[C@H]1CCc2c(sc3ncnc(Nc4ccc5c(c4)C=NC5)c23)C1. The lowest BCUT2D eigenvalue weighted by atomic mass is 9.87. The summed E-state index contributed by atoms with van der Waals surface area (Å²) < 4.78 is 0. The summed E-state index contributed by atoms with van der Waals surface area (Å²) in [5, 5.41) is 18.4. The van der Waals surface area contributed by atoms with Gasteiger partial charge < -0.3 is 20.6 Å². The Morgan fingerprint density at radius 2 is 1.27 bits per heavy atom. The van der Waals surface area contributed by atoms with Gasteiger partial charge >= 0.3 is 5.97 Å². The van der Waals surface area contributed by atoms with E-state index in [-0.39, 0.29) is 17.7 Å². The predicted octanol–water partition coefficient (Wildman–Crippen LogP) is 7.51. The number of nitrogens with one attached hydrogen (secondary N) is 2. The molecule has 4 aliphatic rings. The second-order valence-corrected chi connectivity index (χ2v) is 16.6.